The van der Waals surface area contributed by atoms with E-state index in [1.807, 2.05) is 13.8 Å². The van der Waals surface area contributed by atoms with Crippen molar-refractivity contribution in [2.75, 3.05) is 0 Å². The molecule has 2 N–H and O–H groups in total. The largest absolute Gasteiger partial charge is 0.393 e. The molecule has 5 atom stereocenters. The average Bonchev–Trinajstić information content (AvgIpc) is 2.91. The Morgan fingerprint density at radius 1 is 1.19 bits per heavy atom. The summed E-state index contributed by atoms with van der Waals surface area (Å²) in [6.45, 7) is 12.9. The maximum absolute atomic E-state index is 10.6. The third-order valence-corrected chi connectivity index (χ3v) is 7.94. The van der Waals surface area contributed by atoms with Crippen molar-refractivity contribution in [1.29, 1.82) is 0 Å². The fourth-order valence-electron chi connectivity index (χ4n) is 5.99. The molecule has 0 radical (unpaired) electrons. The zero-order chi connectivity index (χ0) is 19.1. The highest BCUT2D eigenvalue weighted by molar-refractivity contribution is 5.36. The lowest BCUT2D eigenvalue weighted by Gasteiger charge is -2.46. The molecule has 0 aromatic rings. The van der Waals surface area contributed by atoms with Crippen molar-refractivity contribution in [3.8, 4) is 0 Å². The fourth-order valence-corrected chi connectivity index (χ4v) is 5.99. The third-order valence-electron chi connectivity index (χ3n) is 7.94. The number of hydrogen-bond acceptors (Lipinski definition) is 2. The Hall–Kier alpha value is -0.860. The summed E-state index contributed by atoms with van der Waals surface area (Å²) in [4.78, 5) is 0. The molecule has 26 heavy (non-hydrogen) atoms. The summed E-state index contributed by atoms with van der Waals surface area (Å²) in [6.07, 6.45) is 13.1. The van der Waals surface area contributed by atoms with Gasteiger partial charge in [0, 0.05) is 0 Å². The lowest BCUT2D eigenvalue weighted by Crippen LogP contribution is -2.42. The Balaban J connectivity index is 1.82. The van der Waals surface area contributed by atoms with E-state index in [2.05, 4.69) is 32.6 Å². The summed E-state index contributed by atoms with van der Waals surface area (Å²) < 4.78 is 0. The molecule has 0 bridgehead atoms. The van der Waals surface area contributed by atoms with Crippen molar-refractivity contribution < 1.29 is 10.2 Å². The van der Waals surface area contributed by atoms with Crippen LogP contribution in [0.2, 0.25) is 0 Å². The molecule has 2 heteroatoms. The second-order valence-corrected chi connectivity index (χ2v) is 9.97. The van der Waals surface area contributed by atoms with E-state index in [9.17, 15) is 10.2 Å². The fraction of sp³-hybridized carbons (Fsp3) is 0.750. The molecule has 3 saturated carbocycles. The Morgan fingerprint density at radius 2 is 1.92 bits per heavy atom. The standard InChI is InChI=1S/C24H38O2/c1-16-8-11-20(25)15-19(16)10-9-18-7-6-14-24(5)21(12-13-22(18)24)17(2)23(3,4)26/h9-10,17,20-22,25-26H,1,6-8,11-15H2,2-5H3/b18-9+,19-10-/t17-,20-,21+,22-,24+/m0/s1. The molecule has 0 aromatic carbocycles. The van der Waals surface area contributed by atoms with Gasteiger partial charge in [0.25, 0.3) is 0 Å². The van der Waals surface area contributed by atoms with Crippen LogP contribution in [0.5, 0.6) is 0 Å². The van der Waals surface area contributed by atoms with Crippen LogP contribution in [0, 0.1) is 23.2 Å². The molecule has 0 aliphatic heterocycles. The van der Waals surface area contributed by atoms with Crippen LogP contribution in [-0.2, 0) is 0 Å². The van der Waals surface area contributed by atoms with E-state index in [0.29, 0.717) is 23.2 Å². The van der Waals surface area contributed by atoms with Crippen LogP contribution in [0.4, 0.5) is 0 Å². The Kier molecular flexibility index (Phi) is 5.57. The topological polar surface area (TPSA) is 40.5 Å². The first-order chi connectivity index (χ1) is 12.1. The highest BCUT2D eigenvalue weighted by atomic mass is 16.3. The van der Waals surface area contributed by atoms with Crippen LogP contribution in [0.15, 0.2) is 35.5 Å². The smallest absolute Gasteiger partial charge is 0.0620 e. The molecule has 2 nitrogen and oxygen atoms in total. The van der Waals surface area contributed by atoms with Gasteiger partial charge >= 0.3 is 0 Å². The Morgan fingerprint density at radius 3 is 2.62 bits per heavy atom. The summed E-state index contributed by atoms with van der Waals surface area (Å²) in [5.74, 6) is 1.56. The summed E-state index contributed by atoms with van der Waals surface area (Å²) in [7, 11) is 0. The maximum Gasteiger partial charge on any atom is 0.0620 e. The number of aliphatic hydroxyl groups excluding tert-OH is 1. The first-order valence-electron chi connectivity index (χ1n) is 10.6. The zero-order valence-corrected chi connectivity index (χ0v) is 17.2. The minimum atomic E-state index is -0.609. The van der Waals surface area contributed by atoms with Gasteiger partial charge in [0.1, 0.15) is 0 Å². The third kappa shape index (κ3) is 3.73. The normalized spacial score (nSPS) is 40.1. The molecule has 0 heterocycles. The zero-order valence-electron chi connectivity index (χ0n) is 17.2. The lowest BCUT2D eigenvalue weighted by atomic mass is 9.59. The van der Waals surface area contributed by atoms with Gasteiger partial charge in [0.2, 0.25) is 0 Å². The molecule has 3 aliphatic carbocycles. The number of hydrogen-bond donors (Lipinski definition) is 2. The number of allylic oxidation sites excluding steroid dienone is 4. The highest BCUT2D eigenvalue weighted by Crippen LogP contribution is 2.60. The van der Waals surface area contributed by atoms with Crippen LogP contribution in [0.1, 0.15) is 79.1 Å². The van der Waals surface area contributed by atoms with Gasteiger partial charge in [-0.05, 0) is 94.0 Å². The van der Waals surface area contributed by atoms with Crippen LogP contribution < -0.4 is 0 Å². The van der Waals surface area contributed by atoms with Gasteiger partial charge in [-0.1, -0.05) is 43.7 Å². The first kappa shape index (κ1) is 19.9. The molecule has 0 amide bonds. The van der Waals surface area contributed by atoms with Crippen molar-refractivity contribution in [2.45, 2.75) is 90.8 Å². The molecule has 146 valence electrons. The van der Waals surface area contributed by atoms with Crippen molar-refractivity contribution in [3.63, 3.8) is 0 Å². The molecular weight excluding hydrogens is 320 g/mol. The van der Waals surface area contributed by atoms with Crippen molar-refractivity contribution in [3.05, 3.63) is 35.5 Å². The van der Waals surface area contributed by atoms with E-state index >= 15 is 0 Å². The maximum atomic E-state index is 10.6. The Bertz CT molecular complexity index is 606. The molecule has 3 fully saturated rings. The molecular formula is C24H38O2. The van der Waals surface area contributed by atoms with E-state index in [0.717, 1.165) is 19.3 Å². The van der Waals surface area contributed by atoms with Gasteiger partial charge in [0.05, 0.1) is 11.7 Å². The average molecular weight is 359 g/mol. The molecule has 0 unspecified atom stereocenters. The van der Waals surface area contributed by atoms with E-state index in [-0.39, 0.29) is 6.10 Å². The molecule has 0 saturated heterocycles. The number of rotatable bonds is 3. The van der Waals surface area contributed by atoms with Gasteiger partial charge in [-0.2, -0.15) is 0 Å². The van der Waals surface area contributed by atoms with Gasteiger partial charge in [-0.15, -0.1) is 0 Å². The quantitative estimate of drug-likeness (QED) is 0.693. The summed E-state index contributed by atoms with van der Waals surface area (Å²) in [5.41, 5.74) is 3.73. The van der Waals surface area contributed by atoms with Crippen LogP contribution in [-0.4, -0.2) is 21.9 Å². The predicted molar refractivity (Wildman–Crippen MR) is 109 cm³/mol. The number of fused-ring (bicyclic) bond motifs is 1. The summed E-state index contributed by atoms with van der Waals surface area (Å²) >= 11 is 0. The van der Waals surface area contributed by atoms with Gasteiger partial charge in [-0.3, -0.25) is 0 Å². The van der Waals surface area contributed by atoms with E-state index in [1.54, 1.807) is 5.57 Å². The van der Waals surface area contributed by atoms with Crippen molar-refractivity contribution in [1.82, 2.24) is 0 Å². The SMILES string of the molecule is C=C1CC[C@H](O)C/C1=C/C=C1\CCC[C@]2(C)[C@@H]([C@H](C)C(C)(C)O)CC[C@@H]12. The molecule has 3 aliphatic rings. The van der Waals surface area contributed by atoms with Gasteiger partial charge < -0.3 is 10.2 Å². The van der Waals surface area contributed by atoms with Gasteiger partial charge in [-0.25, -0.2) is 0 Å². The minimum absolute atomic E-state index is 0.203. The first-order valence-corrected chi connectivity index (χ1v) is 10.6. The minimum Gasteiger partial charge on any atom is -0.393 e. The molecule has 0 aromatic heterocycles. The molecule has 3 rings (SSSR count). The molecule has 0 spiro atoms. The van der Waals surface area contributed by atoms with Crippen LogP contribution in [0.3, 0.4) is 0 Å². The monoisotopic (exact) mass is 358 g/mol. The van der Waals surface area contributed by atoms with Crippen molar-refractivity contribution >= 4 is 0 Å². The highest BCUT2D eigenvalue weighted by Gasteiger charge is 2.52. The predicted octanol–water partition coefficient (Wildman–Crippen LogP) is 5.56. The second-order valence-electron chi connectivity index (χ2n) is 9.97. The Labute approximate surface area is 160 Å². The summed E-state index contributed by atoms with van der Waals surface area (Å²) in [5, 5.41) is 20.6. The van der Waals surface area contributed by atoms with Crippen LogP contribution in [0.25, 0.3) is 0 Å². The summed E-state index contributed by atoms with van der Waals surface area (Å²) in [6, 6.07) is 0. The number of aliphatic hydroxyl groups is 2. The van der Waals surface area contributed by atoms with Crippen LogP contribution >= 0.6 is 0 Å². The van der Waals surface area contributed by atoms with Crippen molar-refractivity contribution in [2.24, 2.45) is 23.2 Å². The van der Waals surface area contributed by atoms with Gasteiger partial charge in [0.15, 0.2) is 0 Å². The lowest BCUT2D eigenvalue weighted by molar-refractivity contribution is -0.0368. The van der Waals surface area contributed by atoms with E-state index < -0.39 is 5.60 Å². The second kappa shape index (κ2) is 7.28. The van der Waals surface area contributed by atoms with E-state index in [4.69, 9.17) is 0 Å². The van der Waals surface area contributed by atoms with E-state index in [1.165, 1.54) is 43.3 Å².